The molecule has 0 saturated heterocycles. The summed E-state index contributed by atoms with van der Waals surface area (Å²) in [5.41, 5.74) is 8.04. The van der Waals surface area contributed by atoms with Gasteiger partial charge in [0.2, 0.25) is 0 Å². The minimum absolute atomic E-state index is 0.0154. The van der Waals surface area contributed by atoms with Gasteiger partial charge in [0.1, 0.15) is 11.6 Å². The van der Waals surface area contributed by atoms with Crippen molar-refractivity contribution >= 4 is 11.6 Å². The van der Waals surface area contributed by atoms with E-state index in [2.05, 4.69) is 10.0 Å². The van der Waals surface area contributed by atoms with E-state index in [1.165, 1.54) is 0 Å². The first-order valence-corrected chi connectivity index (χ1v) is 4.79. The molecule has 1 aliphatic rings. The summed E-state index contributed by atoms with van der Waals surface area (Å²) in [5.74, 6) is 0.130. The molecule has 0 heterocycles. The highest BCUT2D eigenvalue weighted by Gasteiger charge is 2.25. The number of rotatable bonds is 4. The lowest BCUT2D eigenvalue weighted by Crippen LogP contribution is -2.24. The van der Waals surface area contributed by atoms with Crippen molar-refractivity contribution in [1.29, 1.82) is 0 Å². The van der Waals surface area contributed by atoms with Gasteiger partial charge in [-0.05, 0) is 24.8 Å². The van der Waals surface area contributed by atoms with Crippen LogP contribution in [0.25, 0.3) is 10.4 Å². The molecule has 76 valence electrons. The number of ketones is 2. The van der Waals surface area contributed by atoms with Gasteiger partial charge in [-0.1, -0.05) is 5.11 Å². The second-order valence-corrected chi connectivity index (χ2v) is 3.51. The van der Waals surface area contributed by atoms with Crippen LogP contribution in [0, 0.1) is 5.92 Å². The maximum Gasteiger partial charge on any atom is 0.143 e. The van der Waals surface area contributed by atoms with Crippen LogP contribution in [0.15, 0.2) is 5.11 Å². The van der Waals surface area contributed by atoms with Crippen LogP contribution in [0.3, 0.4) is 0 Å². The molecule has 0 N–H and O–H groups in total. The van der Waals surface area contributed by atoms with Crippen molar-refractivity contribution in [3.63, 3.8) is 0 Å². The van der Waals surface area contributed by atoms with Gasteiger partial charge in [-0.3, -0.25) is 9.59 Å². The number of hydrogen-bond donors (Lipinski definition) is 0. The van der Waals surface area contributed by atoms with E-state index in [-0.39, 0.29) is 23.9 Å². The Morgan fingerprint density at radius 1 is 1.50 bits per heavy atom. The molecule has 1 aliphatic carbocycles. The summed E-state index contributed by atoms with van der Waals surface area (Å²) in [7, 11) is 0. The third-order valence-electron chi connectivity index (χ3n) is 2.47. The summed E-state index contributed by atoms with van der Waals surface area (Å²) < 4.78 is 0. The highest BCUT2D eigenvalue weighted by molar-refractivity contribution is 6.02. The molecule has 14 heavy (non-hydrogen) atoms. The van der Waals surface area contributed by atoms with Gasteiger partial charge in [-0.2, -0.15) is 0 Å². The van der Waals surface area contributed by atoms with Crippen molar-refractivity contribution in [2.45, 2.75) is 32.1 Å². The SMILES string of the molecule is [N-]=[N+]=NCCCC1CCC(=O)CC1=O. The summed E-state index contributed by atoms with van der Waals surface area (Å²) in [6, 6.07) is 0. The van der Waals surface area contributed by atoms with Gasteiger partial charge >= 0.3 is 0 Å². The van der Waals surface area contributed by atoms with Gasteiger partial charge in [0.15, 0.2) is 0 Å². The van der Waals surface area contributed by atoms with Gasteiger partial charge in [-0.25, -0.2) is 0 Å². The smallest absolute Gasteiger partial charge is 0.143 e. The Hall–Kier alpha value is -1.35. The Bertz CT molecular complexity index is 282. The third-order valence-corrected chi connectivity index (χ3v) is 2.47. The van der Waals surface area contributed by atoms with Crippen LogP contribution in [0.1, 0.15) is 32.1 Å². The number of azide groups is 1. The highest BCUT2D eigenvalue weighted by Crippen LogP contribution is 2.22. The summed E-state index contributed by atoms with van der Waals surface area (Å²) in [6.45, 7) is 0.439. The van der Waals surface area contributed by atoms with E-state index in [1.807, 2.05) is 0 Å². The van der Waals surface area contributed by atoms with E-state index in [0.29, 0.717) is 19.4 Å². The number of hydrogen-bond acceptors (Lipinski definition) is 3. The van der Waals surface area contributed by atoms with Crippen molar-refractivity contribution in [1.82, 2.24) is 0 Å². The molecule has 0 aromatic rings. The molecular formula is C9H13N3O2. The standard InChI is InChI=1S/C9H13N3O2/c10-12-11-5-1-2-7-3-4-8(13)6-9(7)14/h7H,1-6H2. The molecule has 1 fully saturated rings. The van der Waals surface area contributed by atoms with E-state index in [4.69, 9.17) is 5.53 Å². The van der Waals surface area contributed by atoms with E-state index in [1.54, 1.807) is 0 Å². The van der Waals surface area contributed by atoms with Gasteiger partial charge in [0.05, 0.1) is 6.42 Å². The average molecular weight is 195 g/mol. The summed E-state index contributed by atoms with van der Waals surface area (Å²) in [4.78, 5) is 24.9. The summed E-state index contributed by atoms with van der Waals surface area (Å²) in [6.07, 6.45) is 2.78. The van der Waals surface area contributed by atoms with Crippen molar-refractivity contribution < 1.29 is 9.59 Å². The van der Waals surface area contributed by atoms with Crippen LogP contribution in [0.5, 0.6) is 0 Å². The van der Waals surface area contributed by atoms with Gasteiger partial charge in [0, 0.05) is 23.8 Å². The second kappa shape index (κ2) is 5.40. The maximum absolute atomic E-state index is 11.3. The zero-order valence-electron chi connectivity index (χ0n) is 7.98. The fourth-order valence-corrected chi connectivity index (χ4v) is 1.68. The first-order chi connectivity index (χ1) is 6.74. The predicted molar refractivity (Wildman–Crippen MR) is 50.6 cm³/mol. The fraction of sp³-hybridized carbons (Fsp3) is 0.778. The largest absolute Gasteiger partial charge is 0.299 e. The van der Waals surface area contributed by atoms with Crippen LogP contribution in [-0.2, 0) is 9.59 Å². The molecule has 0 radical (unpaired) electrons. The molecule has 5 nitrogen and oxygen atoms in total. The minimum atomic E-state index is 0.0154. The molecule has 1 rings (SSSR count). The van der Waals surface area contributed by atoms with E-state index in [9.17, 15) is 9.59 Å². The molecule has 5 heteroatoms. The summed E-state index contributed by atoms with van der Waals surface area (Å²) >= 11 is 0. The molecule has 0 aromatic heterocycles. The zero-order chi connectivity index (χ0) is 10.4. The van der Waals surface area contributed by atoms with Crippen LogP contribution >= 0.6 is 0 Å². The molecule has 0 amide bonds. The monoisotopic (exact) mass is 195 g/mol. The first kappa shape index (κ1) is 10.7. The lowest BCUT2D eigenvalue weighted by atomic mass is 9.84. The van der Waals surface area contributed by atoms with Crippen molar-refractivity contribution in [2.24, 2.45) is 11.0 Å². The van der Waals surface area contributed by atoms with Crippen molar-refractivity contribution in [3.8, 4) is 0 Å². The number of Topliss-reactive ketones (excluding diaryl/α,β-unsaturated/α-hetero) is 2. The Kier molecular flexibility index (Phi) is 4.13. The van der Waals surface area contributed by atoms with Gasteiger partial charge in [-0.15, -0.1) is 0 Å². The van der Waals surface area contributed by atoms with Crippen molar-refractivity contribution in [3.05, 3.63) is 10.4 Å². The number of nitrogens with zero attached hydrogens (tertiary/aromatic N) is 3. The lowest BCUT2D eigenvalue weighted by Gasteiger charge is -2.18. The van der Waals surface area contributed by atoms with Crippen LogP contribution in [0.2, 0.25) is 0 Å². The van der Waals surface area contributed by atoms with E-state index in [0.717, 1.165) is 12.8 Å². The fourth-order valence-electron chi connectivity index (χ4n) is 1.68. The zero-order valence-corrected chi connectivity index (χ0v) is 7.98. The molecule has 1 unspecified atom stereocenters. The topological polar surface area (TPSA) is 82.9 Å². The number of carbonyl (C=O) groups is 2. The Morgan fingerprint density at radius 2 is 2.29 bits per heavy atom. The normalized spacial score (nSPS) is 21.9. The van der Waals surface area contributed by atoms with Crippen molar-refractivity contribution in [2.75, 3.05) is 6.54 Å². The summed E-state index contributed by atoms with van der Waals surface area (Å²) in [5, 5.41) is 3.40. The molecule has 0 spiro atoms. The average Bonchev–Trinajstić information content (AvgIpc) is 2.15. The molecule has 0 bridgehead atoms. The first-order valence-electron chi connectivity index (χ1n) is 4.79. The molecule has 0 aliphatic heterocycles. The Labute approximate surface area is 82.1 Å². The minimum Gasteiger partial charge on any atom is -0.299 e. The second-order valence-electron chi connectivity index (χ2n) is 3.51. The predicted octanol–water partition coefficient (Wildman–Crippen LogP) is 2.02. The Balaban J connectivity index is 2.27. The van der Waals surface area contributed by atoms with Gasteiger partial charge < -0.3 is 0 Å². The van der Waals surface area contributed by atoms with Crippen LogP contribution in [0.4, 0.5) is 0 Å². The third kappa shape index (κ3) is 3.18. The van der Waals surface area contributed by atoms with E-state index < -0.39 is 0 Å². The van der Waals surface area contributed by atoms with E-state index >= 15 is 0 Å². The van der Waals surface area contributed by atoms with Crippen LogP contribution < -0.4 is 0 Å². The highest BCUT2D eigenvalue weighted by atomic mass is 16.1. The molecule has 0 aromatic carbocycles. The van der Waals surface area contributed by atoms with Crippen LogP contribution in [-0.4, -0.2) is 18.1 Å². The Morgan fingerprint density at radius 3 is 2.93 bits per heavy atom. The number of carbonyl (C=O) groups excluding carboxylic acids is 2. The van der Waals surface area contributed by atoms with Gasteiger partial charge in [0.25, 0.3) is 0 Å². The molecular weight excluding hydrogens is 182 g/mol. The maximum atomic E-state index is 11.3. The quantitative estimate of drug-likeness (QED) is 0.226. The lowest BCUT2D eigenvalue weighted by molar-refractivity contribution is -0.132. The molecule has 1 saturated carbocycles. The molecule has 1 atom stereocenters.